The number of carboxylic acids is 1. The standard InChI is InChI=1S/C33H39F4N3O4/c1-18(2)11-27(40-17-23(16-39(6)7)25(14-28(40)41)33(35,36)37)32(44)38-26(15-29(42)43)24-13-22(12-21(5)31(24)34)30-19(3)9-8-10-20(30)4/h8-10,12-14,17-18,26-27H,11,15-16H2,1-7H3,(H,38,44)(H,42,43). The molecule has 11 heteroatoms. The summed E-state index contributed by atoms with van der Waals surface area (Å²) in [6.07, 6.45) is -4.36. The van der Waals surface area contributed by atoms with Crippen LogP contribution in [-0.2, 0) is 22.3 Å². The second kappa shape index (κ2) is 13.8. The third kappa shape index (κ3) is 8.13. The first-order chi connectivity index (χ1) is 20.4. The van der Waals surface area contributed by atoms with Gasteiger partial charge in [-0.2, -0.15) is 13.2 Å². The van der Waals surface area contributed by atoms with Gasteiger partial charge >= 0.3 is 12.1 Å². The second-order valence-electron chi connectivity index (χ2n) is 12.0. The first kappa shape index (κ1) is 34.5. The van der Waals surface area contributed by atoms with Crippen molar-refractivity contribution >= 4 is 11.9 Å². The zero-order valence-corrected chi connectivity index (χ0v) is 26.0. The maximum Gasteiger partial charge on any atom is 0.416 e. The fraction of sp³-hybridized carbons (Fsp3) is 0.424. The van der Waals surface area contributed by atoms with E-state index >= 15 is 4.39 Å². The molecule has 1 aromatic heterocycles. The molecule has 1 amide bonds. The average Bonchev–Trinajstić information content (AvgIpc) is 2.88. The molecule has 0 aliphatic heterocycles. The number of amides is 1. The van der Waals surface area contributed by atoms with Crippen LogP contribution in [0.25, 0.3) is 11.1 Å². The number of carbonyl (C=O) groups is 2. The molecule has 0 bridgehead atoms. The fourth-order valence-corrected chi connectivity index (χ4v) is 5.51. The highest BCUT2D eigenvalue weighted by Crippen LogP contribution is 2.35. The number of aliphatic carboxylic acids is 1. The maximum atomic E-state index is 15.7. The normalized spacial score (nSPS) is 13.3. The number of nitrogens with zero attached hydrogens (tertiary/aromatic N) is 2. The van der Waals surface area contributed by atoms with Crippen LogP contribution in [0.3, 0.4) is 0 Å². The molecule has 44 heavy (non-hydrogen) atoms. The molecule has 0 aliphatic carbocycles. The molecule has 2 atom stereocenters. The number of carbonyl (C=O) groups excluding carboxylic acids is 1. The fourth-order valence-electron chi connectivity index (χ4n) is 5.51. The van der Waals surface area contributed by atoms with E-state index in [1.165, 1.54) is 11.0 Å². The molecule has 0 saturated carbocycles. The summed E-state index contributed by atoms with van der Waals surface area (Å²) < 4.78 is 58.0. The van der Waals surface area contributed by atoms with Gasteiger partial charge in [0.25, 0.3) is 5.56 Å². The summed E-state index contributed by atoms with van der Waals surface area (Å²) in [5, 5.41) is 12.3. The topological polar surface area (TPSA) is 91.6 Å². The summed E-state index contributed by atoms with van der Waals surface area (Å²) in [6, 6.07) is 6.73. The van der Waals surface area contributed by atoms with Crippen molar-refractivity contribution < 1.29 is 32.3 Å². The first-order valence-electron chi connectivity index (χ1n) is 14.3. The SMILES string of the molecule is Cc1cc(-c2c(C)cccc2C)cc(C(CC(=O)O)NC(=O)C(CC(C)C)n2cc(CN(C)C)c(C(F)(F)F)cc2=O)c1F. The van der Waals surface area contributed by atoms with Gasteiger partial charge in [-0.3, -0.25) is 14.4 Å². The summed E-state index contributed by atoms with van der Waals surface area (Å²) in [5.74, 6) is -2.98. The second-order valence-corrected chi connectivity index (χ2v) is 12.0. The maximum absolute atomic E-state index is 15.7. The quantitative estimate of drug-likeness (QED) is 0.237. The smallest absolute Gasteiger partial charge is 0.416 e. The lowest BCUT2D eigenvalue weighted by Gasteiger charge is -2.27. The molecule has 3 aromatic rings. The van der Waals surface area contributed by atoms with Gasteiger partial charge in [0.2, 0.25) is 5.91 Å². The van der Waals surface area contributed by atoms with Crippen LogP contribution in [0, 0.1) is 32.5 Å². The predicted molar refractivity (Wildman–Crippen MR) is 161 cm³/mol. The predicted octanol–water partition coefficient (Wildman–Crippen LogP) is 6.58. The van der Waals surface area contributed by atoms with E-state index in [4.69, 9.17) is 0 Å². The van der Waals surface area contributed by atoms with Crippen LogP contribution < -0.4 is 10.9 Å². The van der Waals surface area contributed by atoms with Gasteiger partial charge in [-0.1, -0.05) is 32.0 Å². The molecule has 0 spiro atoms. The summed E-state index contributed by atoms with van der Waals surface area (Å²) in [5.41, 5.74) is 1.21. The van der Waals surface area contributed by atoms with Crippen LogP contribution >= 0.6 is 0 Å². The van der Waals surface area contributed by atoms with Crippen LogP contribution in [-0.4, -0.2) is 40.5 Å². The van der Waals surface area contributed by atoms with Gasteiger partial charge in [0.1, 0.15) is 11.9 Å². The Morgan fingerprint density at radius 2 is 1.64 bits per heavy atom. The molecule has 7 nitrogen and oxygen atoms in total. The molecule has 3 rings (SSSR count). The van der Waals surface area contributed by atoms with Crippen molar-refractivity contribution in [2.75, 3.05) is 14.1 Å². The third-order valence-electron chi connectivity index (χ3n) is 7.41. The molecule has 1 heterocycles. The van der Waals surface area contributed by atoms with E-state index in [0.717, 1.165) is 27.5 Å². The number of benzene rings is 2. The average molecular weight is 618 g/mol. The lowest BCUT2D eigenvalue weighted by Crippen LogP contribution is -2.41. The first-order valence-corrected chi connectivity index (χ1v) is 14.3. The molecule has 0 aliphatic rings. The largest absolute Gasteiger partial charge is 0.481 e. The minimum Gasteiger partial charge on any atom is -0.481 e. The Bertz CT molecular complexity index is 1570. The zero-order chi connectivity index (χ0) is 33.1. The number of aryl methyl sites for hydroxylation is 3. The van der Waals surface area contributed by atoms with Gasteiger partial charge < -0.3 is 19.9 Å². The van der Waals surface area contributed by atoms with Crippen molar-refractivity contribution in [2.24, 2.45) is 5.92 Å². The Morgan fingerprint density at radius 3 is 2.16 bits per heavy atom. The highest BCUT2D eigenvalue weighted by atomic mass is 19.4. The molecular formula is C33H39F4N3O4. The van der Waals surface area contributed by atoms with Crippen LogP contribution in [0.5, 0.6) is 0 Å². The lowest BCUT2D eigenvalue weighted by atomic mass is 9.90. The van der Waals surface area contributed by atoms with Crippen LogP contribution in [0.2, 0.25) is 0 Å². The Balaban J connectivity index is 2.15. The molecule has 2 aromatic carbocycles. The number of hydrogen-bond acceptors (Lipinski definition) is 4. The van der Waals surface area contributed by atoms with Gasteiger partial charge in [-0.05, 0) is 92.7 Å². The van der Waals surface area contributed by atoms with Gasteiger partial charge in [-0.15, -0.1) is 0 Å². The number of hydrogen-bond donors (Lipinski definition) is 2. The van der Waals surface area contributed by atoms with E-state index in [2.05, 4.69) is 5.32 Å². The van der Waals surface area contributed by atoms with Gasteiger partial charge in [-0.25, -0.2) is 4.39 Å². The van der Waals surface area contributed by atoms with Crippen LogP contribution in [0.15, 0.2) is 47.4 Å². The number of nitrogens with one attached hydrogen (secondary N) is 1. The monoisotopic (exact) mass is 617 g/mol. The molecule has 0 saturated heterocycles. The van der Waals surface area contributed by atoms with Crippen LogP contribution in [0.4, 0.5) is 17.6 Å². The van der Waals surface area contributed by atoms with Crippen molar-refractivity contribution in [3.05, 3.63) is 92.1 Å². The highest BCUT2D eigenvalue weighted by molar-refractivity contribution is 5.82. The molecule has 238 valence electrons. The number of pyridine rings is 1. The van der Waals surface area contributed by atoms with Gasteiger partial charge in [0.15, 0.2) is 0 Å². The van der Waals surface area contributed by atoms with Crippen molar-refractivity contribution in [3.63, 3.8) is 0 Å². The van der Waals surface area contributed by atoms with E-state index in [1.807, 2.05) is 32.0 Å². The summed E-state index contributed by atoms with van der Waals surface area (Å²) in [6.45, 7) is 8.76. The van der Waals surface area contributed by atoms with Crippen molar-refractivity contribution in [3.8, 4) is 11.1 Å². The number of aromatic nitrogens is 1. The Morgan fingerprint density at radius 1 is 1.02 bits per heavy atom. The van der Waals surface area contributed by atoms with Gasteiger partial charge in [0, 0.05) is 24.4 Å². The minimum absolute atomic E-state index is 0.0465. The van der Waals surface area contributed by atoms with E-state index in [1.54, 1.807) is 40.9 Å². The Kier molecular flexibility index (Phi) is 10.8. The number of halogens is 4. The Hall–Kier alpha value is -3.99. The van der Waals surface area contributed by atoms with Crippen molar-refractivity contribution in [1.29, 1.82) is 0 Å². The number of alkyl halides is 3. The summed E-state index contributed by atoms with van der Waals surface area (Å²) in [4.78, 5) is 40.4. The number of carboxylic acid groups (broad SMARTS) is 1. The highest BCUT2D eigenvalue weighted by Gasteiger charge is 2.36. The van der Waals surface area contributed by atoms with Gasteiger partial charge in [0.05, 0.1) is 18.0 Å². The molecule has 0 fully saturated rings. The van der Waals surface area contributed by atoms with E-state index in [-0.39, 0.29) is 35.6 Å². The van der Waals surface area contributed by atoms with E-state index in [0.29, 0.717) is 11.6 Å². The molecule has 2 N–H and O–H groups in total. The number of rotatable bonds is 11. The third-order valence-corrected chi connectivity index (χ3v) is 7.41. The van der Waals surface area contributed by atoms with E-state index < -0.39 is 53.5 Å². The minimum atomic E-state index is -4.79. The lowest BCUT2D eigenvalue weighted by molar-refractivity contribution is -0.139. The van der Waals surface area contributed by atoms with E-state index in [9.17, 15) is 32.7 Å². The zero-order valence-electron chi connectivity index (χ0n) is 26.0. The summed E-state index contributed by atoms with van der Waals surface area (Å²) in [7, 11) is 3.15. The molecular weight excluding hydrogens is 578 g/mol. The van der Waals surface area contributed by atoms with Crippen LogP contribution in [0.1, 0.15) is 72.2 Å². The molecule has 2 unspecified atom stereocenters. The van der Waals surface area contributed by atoms with Crippen molar-refractivity contribution in [1.82, 2.24) is 14.8 Å². The summed E-state index contributed by atoms with van der Waals surface area (Å²) >= 11 is 0. The molecule has 0 radical (unpaired) electrons. The van der Waals surface area contributed by atoms with Crippen molar-refractivity contribution in [2.45, 2.75) is 72.3 Å². The Labute approximate surface area is 254 Å².